The molecular weight excluding hydrogens is 426 g/mol. The molecule has 0 unspecified atom stereocenters. The van der Waals surface area contributed by atoms with Crippen LogP contribution in [0.4, 0.5) is 11.4 Å². The van der Waals surface area contributed by atoms with E-state index in [1.165, 1.54) is 4.31 Å². The number of anilines is 2. The summed E-state index contributed by atoms with van der Waals surface area (Å²) >= 11 is 0. The topological polar surface area (TPSA) is 95.6 Å². The molecule has 0 saturated carbocycles. The van der Waals surface area contributed by atoms with Crippen LogP contribution >= 0.6 is 0 Å². The SMILES string of the molecule is Cc1cc(C)cc(N(CCCC(=O)Nc2ccccc2C(=O)NC(C)(C)C)S(C)(=O)=O)c1. The van der Waals surface area contributed by atoms with E-state index in [9.17, 15) is 18.0 Å². The van der Waals surface area contributed by atoms with Gasteiger partial charge >= 0.3 is 0 Å². The maximum atomic E-state index is 12.6. The van der Waals surface area contributed by atoms with Gasteiger partial charge in [-0.05, 0) is 76.4 Å². The lowest BCUT2D eigenvalue weighted by atomic mass is 10.1. The van der Waals surface area contributed by atoms with Crippen molar-refractivity contribution in [2.75, 3.05) is 22.4 Å². The molecule has 174 valence electrons. The quantitative estimate of drug-likeness (QED) is 0.623. The van der Waals surface area contributed by atoms with Crippen LogP contribution in [0.25, 0.3) is 0 Å². The molecule has 0 radical (unpaired) electrons. The van der Waals surface area contributed by atoms with Crippen LogP contribution in [0.5, 0.6) is 0 Å². The van der Waals surface area contributed by atoms with Crippen molar-refractivity contribution >= 4 is 33.2 Å². The summed E-state index contributed by atoms with van der Waals surface area (Å²) in [5.74, 6) is -0.554. The van der Waals surface area contributed by atoms with E-state index in [-0.39, 0.29) is 24.8 Å². The summed E-state index contributed by atoms with van der Waals surface area (Å²) < 4.78 is 26.0. The van der Waals surface area contributed by atoms with Crippen LogP contribution in [-0.2, 0) is 14.8 Å². The summed E-state index contributed by atoms with van der Waals surface area (Å²) in [6, 6.07) is 12.4. The third kappa shape index (κ3) is 7.67. The minimum atomic E-state index is -3.49. The predicted octanol–water partition coefficient (Wildman–Crippen LogP) is 4.02. The fourth-order valence-corrected chi connectivity index (χ4v) is 4.32. The third-order valence-corrected chi connectivity index (χ3v) is 5.79. The number of hydrogen-bond acceptors (Lipinski definition) is 4. The molecule has 2 aromatic rings. The molecule has 0 atom stereocenters. The first kappa shape index (κ1) is 25.4. The summed E-state index contributed by atoms with van der Waals surface area (Å²) in [6.07, 6.45) is 1.61. The zero-order chi connectivity index (χ0) is 24.1. The number of benzene rings is 2. The molecule has 2 rings (SSSR count). The lowest BCUT2D eigenvalue weighted by Gasteiger charge is -2.23. The Bertz CT molecular complexity index is 1070. The van der Waals surface area contributed by atoms with E-state index in [0.717, 1.165) is 17.4 Å². The van der Waals surface area contributed by atoms with Gasteiger partial charge in [-0.25, -0.2) is 8.42 Å². The molecule has 2 aromatic carbocycles. The Morgan fingerprint density at radius 1 is 1.00 bits per heavy atom. The lowest BCUT2D eigenvalue weighted by molar-refractivity contribution is -0.116. The van der Waals surface area contributed by atoms with Gasteiger partial charge in [-0.2, -0.15) is 0 Å². The van der Waals surface area contributed by atoms with Crippen LogP contribution in [0, 0.1) is 13.8 Å². The normalized spacial score (nSPS) is 11.7. The van der Waals surface area contributed by atoms with E-state index in [4.69, 9.17) is 0 Å². The fourth-order valence-electron chi connectivity index (χ4n) is 3.38. The molecule has 0 aromatic heterocycles. The largest absolute Gasteiger partial charge is 0.347 e. The van der Waals surface area contributed by atoms with Gasteiger partial charge < -0.3 is 10.6 Å². The number of aryl methyl sites for hydroxylation is 2. The molecule has 7 nitrogen and oxygen atoms in total. The first-order valence-electron chi connectivity index (χ1n) is 10.5. The summed E-state index contributed by atoms with van der Waals surface area (Å²) in [7, 11) is -3.49. The van der Waals surface area contributed by atoms with Crippen LogP contribution in [0.2, 0.25) is 0 Å². The molecule has 0 spiro atoms. The fraction of sp³-hybridized carbons (Fsp3) is 0.417. The second-order valence-electron chi connectivity index (χ2n) is 9.08. The van der Waals surface area contributed by atoms with E-state index in [0.29, 0.717) is 23.4 Å². The summed E-state index contributed by atoms with van der Waals surface area (Å²) in [6.45, 7) is 9.66. The van der Waals surface area contributed by atoms with Gasteiger partial charge in [0.2, 0.25) is 15.9 Å². The number of para-hydroxylation sites is 1. The Morgan fingerprint density at radius 3 is 2.16 bits per heavy atom. The van der Waals surface area contributed by atoms with Crippen molar-refractivity contribution in [3.63, 3.8) is 0 Å². The van der Waals surface area contributed by atoms with E-state index in [1.807, 2.05) is 52.8 Å². The van der Waals surface area contributed by atoms with Crippen LogP contribution < -0.4 is 14.9 Å². The number of nitrogens with zero attached hydrogens (tertiary/aromatic N) is 1. The van der Waals surface area contributed by atoms with Crippen LogP contribution in [0.1, 0.15) is 55.1 Å². The molecule has 0 heterocycles. The molecule has 0 aliphatic heterocycles. The number of amides is 2. The molecule has 8 heteroatoms. The highest BCUT2D eigenvalue weighted by Crippen LogP contribution is 2.22. The number of hydrogen-bond donors (Lipinski definition) is 2. The van der Waals surface area contributed by atoms with Crippen molar-refractivity contribution in [2.24, 2.45) is 0 Å². The van der Waals surface area contributed by atoms with Crippen molar-refractivity contribution in [3.8, 4) is 0 Å². The van der Waals surface area contributed by atoms with Gasteiger partial charge in [0.1, 0.15) is 0 Å². The Hall–Kier alpha value is -2.87. The van der Waals surface area contributed by atoms with Gasteiger partial charge in [0.05, 0.1) is 23.2 Å². The highest BCUT2D eigenvalue weighted by atomic mass is 32.2. The van der Waals surface area contributed by atoms with Crippen molar-refractivity contribution in [2.45, 2.75) is 53.0 Å². The Morgan fingerprint density at radius 2 is 1.59 bits per heavy atom. The smallest absolute Gasteiger partial charge is 0.253 e. The summed E-state index contributed by atoms with van der Waals surface area (Å²) in [4.78, 5) is 25.1. The average Bonchev–Trinajstić information content (AvgIpc) is 2.62. The predicted molar refractivity (Wildman–Crippen MR) is 130 cm³/mol. The van der Waals surface area contributed by atoms with Crippen LogP contribution in [0.3, 0.4) is 0 Å². The third-order valence-electron chi connectivity index (χ3n) is 4.59. The molecule has 32 heavy (non-hydrogen) atoms. The molecule has 0 aliphatic carbocycles. The standard InChI is InChI=1S/C24H33N3O4S/c1-17-14-18(2)16-19(15-17)27(32(6,30)31)13-9-12-22(28)25-21-11-8-7-10-20(21)23(29)26-24(3,4)5/h7-8,10-11,14-16H,9,12-13H2,1-6H3,(H,25,28)(H,26,29). The Balaban J connectivity index is 2.06. The van der Waals surface area contributed by atoms with E-state index < -0.39 is 15.6 Å². The zero-order valence-electron chi connectivity index (χ0n) is 19.7. The minimum Gasteiger partial charge on any atom is -0.347 e. The minimum absolute atomic E-state index is 0.117. The molecular formula is C24H33N3O4S. The number of sulfonamides is 1. The summed E-state index contributed by atoms with van der Waals surface area (Å²) in [5.41, 5.74) is 2.93. The van der Waals surface area contributed by atoms with Crippen LogP contribution in [0.15, 0.2) is 42.5 Å². The second kappa shape index (κ2) is 10.2. The van der Waals surface area contributed by atoms with E-state index >= 15 is 0 Å². The second-order valence-corrected chi connectivity index (χ2v) is 11.0. The Labute approximate surface area is 191 Å². The molecule has 2 N–H and O–H groups in total. The van der Waals surface area contributed by atoms with Crippen molar-refractivity contribution in [3.05, 3.63) is 59.2 Å². The van der Waals surface area contributed by atoms with Crippen LogP contribution in [-0.4, -0.2) is 38.6 Å². The van der Waals surface area contributed by atoms with E-state index in [2.05, 4.69) is 10.6 Å². The highest BCUT2D eigenvalue weighted by Gasteiger charge is 2.20. The lowest BCUT2D eigenvalue weighted by Crippen LogP contribution is -2.40. The van der Waals surface area contributed by atoms with E-state index in [1.54, 1.807) is 24.3 Å². The van der Waals surface area contributed by atoms with Crippen molar-refractivity contribution in [1.29, 1.82) is 0 Å². The maximum absolute atomic E-state index is 12.6. The van der Waals surface area contributed by atoms with Gasteiger partial charge in [0, 0.05) is 18.5 Å². The zero-order valence-corrected chi connectivity index (χ0v) is 20.5. The molecule has 0 saturated heterocycles. The first-order valence-corrected chi connectivity index (χ1v) is 12.4. The van der Waals surface area contributed by atoms with Crippen molar-refractivity contribution < 1.29 is 18.0 Å². The van der Waals surface area contributed by atoms with Gasteiger partial charge in [-0.15, -0.1) is 0 Å². The molecule has 0 aliphatic rings. The number of nitrogens with one attached hydrogen (secondary N) is 2. The summed E-state index contributed by atoms with van der Waals surface area (Å²) in [5, 5.41) is 5.67. The van der Waals surface area contributed by atoms with Gasteiger partial charge in [-0.1, -0.05) is 18.2 Å². The molecule has 0 fully saturated rings. The molecule has 2 amide bonds. The monoisotopic (exact) mass is 459 g/mol. The highest BCUT2D eigenvalue weighted by molar-refractivity contribution is 7.92. The average molecular weight is 460 g/mol. The first-order chi connectivity index (χ1) is 14.8. The Kier molecular flexibility index (Phi) is 8.07. The molecule has 0 bridgehead atoms. The van der Waals surface area contributed by atoms with Crippen molar-refractivity contribution in [1.82, 2.24) is 5.32 Å². The van der Waals surface area contributed by atoms with Gasteiger partial charge in [0.25, 0.3) is 5.91 Å². The van der Waals surface area contributed by atoms with Gasteiger partial charge in [0.15, 0.2) is 0 Å². The number of carbonyl (C=O) groups is 2. The van der Waals surface area contributed by atoms with Gasteiger partial charge in [-0.3, -0.25) is 13.9 Å². The maximum Gasteiger partial charge on any atom is 0.253 e. The number of rotatable bonds is 8. The number of carbonyl (C=O) groups excluding carboxylic acids is 2.